The van der Waals surface area contributed by atoms with Gasteiger partial charge in [0.15, 0.2) is 0 Å². The van der Waals surface area contributed by atoms with Gasteiger partial charge < -0.3 is 0 Å². The molecule has 0 saturated heterocycles. The summed E-state index contributed by atoms with van der Waals surface area (Å²) in [4.78, 5) is 19.6. The lowest BCUT2D eigenvalue weighted by Gasteiger charge is -2.11. The molecule has 1 aromatic heterocycles. The molecule has 0 fully saturated rings. The predicted octanol–water partition coefficient (Wildman–Crippen LogP) is 2.61. The lowest BCUT2D eigenvalue weighted by atomic mass is 10.0. The smallest absolute Gasteiger partial charge is 0.229 e. The summed E-state index contributed by atoms with van der Waals surface area (Å²) in [7, 11) is 0. The third-order valence-electron chi connectivity index (χ3n) is 2.21. The normalized spacial score (nSPS) is 10.4. The lowest BCUT2D eigenvalue weighted by molar-refractivity contribution is -0.120. The number of halogens is 1. The van der Waals surface area contributed by atoms with Crippen molar-refractivity contribution in [1.82, 2.24) is 9.97 Å². The minimum atomic E-state index is -0.0117. The highest BCUT2D eigenvalue weighted by molar-refractivity contribution is 9.10. The van der Waals surface area contributed by atoms with Crippen LogP contribution in [0, 0.1) is 5.92 Å². The number of anilines is 1. The average Bonchev–Trinajstić information content (AvgIpc) is 2.23. The van der Waals surface area contributed by atoms with E-state index >= 15 is 0 Å². The standard InChI is InChI=1S/C10H14BrN3O/c1-3-7(4-2)9(15)14-10-12-5-8(11)6-13-10/h5-7H,3-4H2,1-2H3,(H,12,13,14,15). The van der Waals surface area contributed by atoms with E-state index in [-0.39, 0.29) is 11.8 Å². The summed E-state index contributed by atoms with van der Waals surface area (Å²) in [6.45, 7) is 3.99. The first-order valence-electron chi connectivity index (χ1n) is 4.95. The molecule has 5 heteroatoms. The first-order chi connectivity index (χ1) is 7.17. The molecule has 4 nitrogen and oxygen atoms in total. The van der Waals surface area contributed by atoms with Crippen molar-refractivity contribution < 1.29 is 4.79 Å². The van der Waals surface area contributed by atoms with E-state index in [1.165, 1.54) is 0 Å². The molecule has 0 aromatic carbocycles. The van der Waals surface area contributed by atoms with Crippen LogP contribution in [0.5, 0.6) is 0 Å². The van der Waals surface area contributed by atoms with Crippen molar-refractivity contribution in [1.29, 1.82) is 0 Å². The first-order valence-corrected chi connectivity index (χ1v) is 5.75. The largest absolute Gasteiger partial charge is 0.294 e. The molecular formula is C10H14BrN3O. The molecule has 1 aromatic rings. The van der Waals surface area contributed by atoms with Gasteiger partial charge in [-0.15, -0.1) is 0 Å². The minimum absolute atomic E-state index is 0.0117. The van der Waals surface area contributed by atoms with Gasteiger partial charge in [-0.1, -0.05) is 13.8 Å². The number of nitrogens with one attached hydrogen (secondary N) is 1. The molecule has 82 valence electrons. The molecule has 0 atom stereocenters. The van der Waals surface area contributed by atoms with Gasteiger partial charge in [-0.05, 0) is 28.8 Å². The highest BCUT2D eigenvalue weighted by Crippen LogP contribution is 2.11. The van der Waals surface area contributed by atoms with Crippen LogP contribution in [0.15, 0.2) is 16.9 Å². The summed E-state index contributed by atoms with van der Waals surface area (Å²) in [6.07, 6.45) is 4.88. The van der Waals surface area contributed by atoms with Crippen LogP contribution in [-0.2, 0) is 4.79 Å². The lowest BCUT2D eigenvalue weighted by Crippen LogP contribution is -2.22. The van der Waals surface area contributed by atoms with Crippen LogP contribution in [-0.4, -0.2) is 15.9 Å². The van der Waals surface area contributed by atoms with Crippen molar-refractivity contribution in [3.8, 4) is 0 Å². The molecule has 0 aliphatic rings. The highest BCUT2D eigenvalue weighted by atomic mass is 79.9. The van der Waals surface area contributed by atoms with Gasteiger partial charge in [0.25, 0.3) is 0 Å². The molecule has 0 unspecified atom stereocenters. The van der Waals surface area contributed by atoms with E-state index in [1.807, 2.05) is 13.8 Å². The fraction of sp³-hybridized carbons (Fsp3) is 0.500. The molecule has 1 heterocycles. The Morgan fingerprint density at radius 2 is 1.93 bits per heavy atom. The number of rotatable bonds is 4. The quantitative estimate of drug-likeness (QED) is 0.916. The summed E-state index contributed by atoms with van der Waals surface area (Å²) >= 11 is 3.23. The van der Waals surface area contributed by atoms with Gasteiger partial charge in [0.05, 0.1) is 4.47 Å². The Morgan fingerprint density at radius 1 is 1.40 bits per heavy atom. The van der Waals surface area contributed by atoms with E-state index in [0.29, 0.717) is 5.95 Å². The molecule has 0 aliphatic heterocycles. The molecule has 1 N–H and O–H groups in total. The van der Waals surface area contributed by atoms with Crippen molar-refractivity contribution in [2.45, 2.75) is 26.7 Å². The van der Waals surface area contributed by atoms with Crippen molar-refractivity contribution in [2.24, 2.45) is 5.92 Å². The van der Waals surface area contributed by atoms with E-state index in [1.54, 1.807) is 12.4 Å². The van der Waals surface area contributed by atoms with Crippen molar-refractivity contribution in [3.05, 3.63) is 16.9 Å². The zero-order valence-corrected chi connectivity index (χ0v) is 10.4. The minimum Gasteiger partial charge on any atom is -0.294 e. The Hall–Kier alpha value is -0.970. The SMILES string of the molecule is CCC(CC)C(=O)Nc1ncc(Br)cn1. The van der Waals surface area contributed by atoms with Gasteiger partial charge in [-0.3, -0.25) is 10.1 Å². The van der Waals surface area contributed by atoms with Crippen molar-refractivity contribution >= 4 is 27.8 Å². The topological polar surface area (TPSA) is 54.9 Å². The predicted molar refractivity (Wildman–Crippen MR) is 62.4 cm³/mol. The first kappa shape index (κ1) is 12.1. The number of amides is 1. The summed E-state index contributed by atoms with van der Waals surface area (Å²) in [5.74, 6) is 0.384. The van der Waals surface area contributed by atoms with Crippen LogP contribution >= 0.6 is 15.9 Å². The maximum atomic E-state index is 11.7. The molecule has 15 heavy (non-hydrogen) atoms. The third-order valence-corrected chi connectivity index (χ3v) is 2.62. The molecule has 0 radical (unpaired) electrons. The van der Waals surface area contributed by atoms with Gasteiger partial charge in [0.2, 0.25) is 11.9 Å². The molecule has 0 aliphatic carbocycles. The van der Waals surface area contributed by atoms with E-state index < -0.39 is 0 Å². The Balaban J connectivity index is 2.61. The van der Waals surface area contributed by atoms with Crippen LogP contribution in [0.2, 0.25) is 0 Å². The Morgan fingerprint density at radius 3 is 2.40 bits per heavy atom. The Kier molecular flexibility index (Phi) is 4.68. The number of hydrogen-bond acceptors (Lipinski definition) is 3. The molecular weight excluding hydrogens is 258 g/mol. The van der Waals surface area contributed by atoms with Gasteiger partial charge >= 0.3 is 0 Å². The fourth-order valence-electron chi connectivity index (χ4n) is 1.25. The van der Waals surface area contributed by atoms with Crippen LogP contribution < -0.4 is 5.32 Å². The second kappa shape index (κ2) is 5.80. The number of aromatic nitrogens is 2. The maximum absolute atomic E-state index is 11.7. The zero-order chi connectivity index (χ0) is 11.3. The summed E-state index contributed by atoms with van der Waals surface area (Å²) in [6, 6.07) is 0. The summed E-state index contributed by atoms with van der Waals surface area (Å²) in [5, 5.41) is 2.69. The summed E-state index contributed by atoms with van der Waals surface area (Å²) in [5.41, 5.74) is 0. The summed E-state index contributed by atoms with van der Waals surface area (Å²) < 4.78 is 0.794. The van der Waals surface area contributed by atoms with Crippen LogP contribution in [0.25, 0.3) is 0 Å². The van der Waals surface area contributed by atoms with Gasteiger partial charge in [0.1, 0.15) is 0 Å². The average molecular weight is 272 g/mol. The molecule has 0 spiro atoms. The number of nitrogens with zero attached hydrogens (tertiary/aromatic N) is 2. The highest BCUT2D eigenvalue weighted by Gasteiger charge is 2.14. The number of carbonyl (C=O) groups excluding carboxylic acids is 1. The van der Waals surface area contributed by atoms with Crippen molar-refractivity contribution in [2.75, 3.05) is 5.32 Å². The van der Waals surface area contributed by atoms with E-state index in [9.17, 15) is 4.79 Å². The van der Waals surface area contributed by atoms with E-state index in [0.717, 1.165) is 17.3 Å². The van der Waals surface area contributed by atoms with Crippen LogP contribution in [0.1, 0.15) is 26.7 Å². The maximum Gasteiger partial charge on any atom is 0.229 e. The van der Waals surface area contributed by atoms with Crippen LogP contribution in [0.4, 0.5) is 5.95 Å². The van der Waals surface area contributed by atoms with Gasteiger partial charge in [0, 0.05) is 18.3 Å². The molecule has 0 saturated carbocycles. The Labute approximate surface area is 97.6 Å². The third kappa shape index (κ3) is 3.58. The van der Waals surface area contributed by atoms with Gasteiger partial charge in [-0.25, -0.2) is 9.97 Å². The van der Waals surface area contributed by atoms with Crippen molar-refractivity contribution in [3.63, 3.8) is 0 Å². The number of carbonyl (C=O) groups is 1. The molecule has 0 bridgehead atoms. The Bertz CT molecular complexity index is 322. The molecule has 1 rings (SSSR count). The van der Waals surface area contributed by atoms with Gasteiger partial charge in [-0.2, -0.15) is 0 Å². The van der Waals surface area contributed by atoms with E-state index in [4.69, 9.17) is 0 Å². The number of hydrogen-bond donors (Lipinski definition) is 1. The second-order valence-electron chi connectivity index (χ2n) is 3.23. The van der Waals surface area contributed by atoms with E-state index in [2.05, 4.69) is 31.2 Å². The second-order valence-corrected chi connectivity index (χ2v) is 4.14. The monoisotopic (exact) mass is 271 g/mol. The molecule has 1 amide bonds. The fourth-order valence-corrected chi connectivity index (χ4v) is 1.45. The van der Waals surface area contributed by atoms with Crippen LogP contribution in [0.3, 0.4) is 0 Å². The zero-order valence-electron chi connectivity index (χ0n) is 8.83.